The molecule has 2 atom stereocenters. The van der Waals surface area contributed by atoms with Gasteiger partial charge in [0.05, 0.1) is 0 Å². The molecule has 1 saturated carbocycles. The van der Waals surface area contributed by atoms with Crippen molar-refractivity contribution in [2.24, 2.45) is 0 Å². The molecule has 3 nitrogen and oxygen atoms in total. The Labute approximate surface area is 118 Å². The molecule has 1 rings (SSSR count). The van der Waals surface area contributed by atoms with E-state index in [9.17, 15) is 4.79 Å². The van der Waals surface area contributed by atoms with Crippen LogP contribution >= 0.6 is 0 Å². The summed E-state index contributed by atoms with van der Waals surface area (Å²) >= 11 is 0. The maximum atomic E-state index is 11.1. The molecule has 0 aromatic heterocycles. The fourth-order valence-electron chi connectivity index (χ4n) is 2.06. The van der Waals surface area contributed by atoms with E-state index in [0.29, 0.717) is 0 Å². The molecule has 0 aromatic carbocycles. The first-order valence-corrected chi connectivity index (χ1v) is 9.96. The van der Waals surface area contributed by atoms with Gasteiger partial charge in [0.1, 0.15) is 6.10 Å². The Morgan fingerprint density at radius 2 is 1.95 bits per heavy atom. The summed E-state index contributed by atoms with van der Waals surface area (Å²) < 4.78 is 11.7. The maximum absolute atomic E-state index is 11.1. The van der Waals surface area contributed by atoms with E-state index in [-0.39, 0.29) is 23.2 Å². The SMILES string of the molecule is C=C1CC[C@H](O[Si](C)(C)C(C)(C)C)C[C@@H]1OC(C)=O. The Kier molecular flexibility index (Phi) is 5.01. The molecule has 0 heterocycles. The average Bonchev–Trinajstić information content (AvgIpc) is 2.20. The van der Waals surface area contributed by atoms with Crippen LogP contribution in [0.4, 0.5) is 0 Å². The standard InChI is InChI=1S/C15H28O3Si/c1-11-8-9-13(10-14(11)17-12(2)16)18-19(6,7)15(3,4)5/h13-14H,1,8-10H2,2-7H3/t13-,14-/m0/s1. The molecule has 0 amide bonds. The van der Waals surface area contributed by atoms with E-state index in [1.807, 2.05) is 0 Å². The predicted molar refractivity (Wildman–Crippen MR) is 80.6 cm³/mol. The molecule has 4 heteroatoms. The van der Waals surface area contributed by atoms with Gasteiger partial charge >= 0.3 is 5.97 Å². The molecular formula is C15H28O3Si. The van der Waals surface area contributed by atoms with E-state index in [4.69, 9.17) is 9.16 Å². The number of rotatable bonds is 3. The van der Waals surface area contributed by atoms with Gasteiger partial charge in [-0.15, -0.1) is 0 Å². The lowest BCUT2D eigenvalue weighted by Gasteiger charge is -2.41. The Balaban J connectivity index is 2.66. The third-order valence-corrected chi connectivity index (χ3v) is 8.83. The topological polar surface area (TPSA) is 35.5 Å². The van der Waals surface area contributed by atoms with Crippen LogP contribution in [-0.4, -0.2) is 26.5 Å². The summed E-state index contributed by atoms with van der Waals surface area (Å²) in [7, 11) is -1.75. The molecule has 1 aliphatic carbocycles. The van der Waals surface area contributed by atoms with Crippen LogP contribution in [0.1, 0.15) is 47.0 Å². The lowest BCUT2D eigenvalue weighted by Crippen LogP contribution is -2.46. The second-order valence-electron chi connectivity index (χ2n) is 7.03. The Bertz CT molecular complexity index is 355. The van der Waals surface area contributed by atoms with Crippen LogP contribution in [0.25, 0.3) is 0 Å². The van der Waals surface area contributed by atoms with Gasteiger partial charge in [-0.1, -0.05) is 27.4 Å². The number of ether oxygens (including phenoxy) is 1. The Hall–Kier alpha value is -0.613. The highest BCUT2D eigenvalue weighted by molar-refractivity contribution is 6.74. The fraction of sp³-hybridized carbons (Fsp3) is 0.800. The normalized spacial score (nSPS) is 25.3. The number of hydrogen-bond donors (Lipinski definition) is 0. The molecule has 0 spiro atoms. The van der Waals surface area contributed by atoms with Crippen molar-refractivity contribution >= 4 is 14.3 Å². The lowest BCUT2D eigenvalue weighted by molar-refractivity contribution is -0.146. The molecular weight excluding hydrogens is 256 g/mol. The van der Waals surface area contributed by atoms with Gasteiger partial charge in [-0.2, -0.15) is 0 Å². The minimum atomic E-state index is -1.75. The molecule has 110 valence electrons. The molecule has 0 unspecified atom stereocenters. The van der Waals surface area contributed by atoms with Crippen molar-refractivity contribution in [3.63, 3.8) is 0 Å². The largest absolute Gasteiger partial charge is 0.458 e. The molecule has 0 bridgehead atoms. The molecule has 0 aromatic rings. The van der Waals surface area contributed by atoms with Crippen LogP contribution in [0.5, 0.6) is 0 Å². The average molecular weight is 284 g/mol. The third-order valence-electron chi connectivity index (χ3n) is 4.30. The first-order valence-electron chi connectivity index (χ1n) is 7.05. The van der Waals surface area contributed by atoms with Crippen molar-refractivity contribution in [2.75, 3.05) is 0 Å². The molecule has 0 saturated heterocycles. The van der Waals surface area contributed by atoms with Crippen molar-refractivity contribution in [2.45, 2.75) is 77.3 Å². The zero-order valence-corrected chi connectivity index (χ0v) is 14.2. The highest BCUT2D eigenvalue weighted by Gasteiger charge is 2.40. The number of esters is 1. The number of carbonyl (C=O) groups excluding carboxylic acids is 1. The van der Waals surface area contributed by atoms with E-state index in [2.05, 4.69) is 40.4 Å². The summed E-state index contributed by atoms with van der Waals surface area (Å²) in [4.78, 5) is 11.1. The van der Waals surface area contributed by atoms with Crippen LogP contribution in [0.3, 0.4) is 0 Å². The summed E-state index contributed by atoms with van der Waals surface area (Å²) in [5.74, 6) is -0.237. The fourth-order valence-corrected chi connectivity index (χ4v) is 3.46. The second-order valence-corrected chi connectivity index (χ2v) is 11.8. The smallest absolute Gasteiger partial charge is 0.303 e. The van der Waals surface area contributed by atoms with Crippen LogP contribution < -0.4 is 0 Å². The van der Waals surface area contributed by atoms with Crippen molar-refractivity contribution in [1.29, 1.82) is 0 Å². The van der Waals surface area contributed by atoms with Crippen LogP contribution in [0.15, 0.2) is 12.2 Å². The van der Waals surface area contributed by atoms with Gasteiger partial charge in [-0.05, 0) is 36.5 Å². The minimum Gasteiger partial charge on any atom is -0.458 e. The van der Waals surface area contributed by atoms with Crippen molar-refractivity contribution < 1.29 is 14.0 Å². The van der Waals surface area contributed by atoms with Crippen molar-refractivity contribution in [3.8, 4) is 0 Å². The van der Waals surface area contributed by atoms with Crippen LogP contribution in [-0.2, 0) is 14.0 Å². The van der Waals surface area contributed by atoms with Gasteiger partial charge in [0.2, 0.25) is 0 Å². The Morgan fingerprint density at radius 3 is 2.42 bits per heavy atom. The number of hydrogen-bond acceptors (Lipinski definition) is 3. The third kappa shape index (κ3) is 4.46. The van der Waals surface area contributed by atoms with Gasteiger partial charge < -0.3 is 9.16 Å². The first-order chi connectivity index (χ1) is 8.53. The lowest BCUT2D eigenvalue weighted by atomic mass is 9.91. The molecule has 1 aliphatic rings. The summed E-state index contributed by atoms with van der Waals surface area (Å²) in [6, 6.07) is 0. The van der Waals surface area contributed by atoms with Crippen molar-refractivity contribution in [3.05, 3.63) is 12.2 Å². The summed E-state index contributed by atoms with van der Waals surface area (Å²) in [5, 5.41) is 0.207. The van der Waals surface area contributed by atoms with E-state index >= 15 is 0 Å². The van der Waals surface area contributed by atoms with Gasteiger partial charge in [0.25, 0.3) is 0 Å². The van der Waals surface area contributed by atoms with E-state index in [1.165, 1.54) is 6.92 Å². The Morgan fingerprint density at radius 1 is 1.37 bits per heavy atom. The second kappa shape index (κ2) is 5.79. The van der Waals surface area contributed by atoms with E-state index < -0.39 is 8.32 Å². The minimum absolute atomic E-state index is 0.166. The number of carbonyl (C=O) groups is 1. The monoisotopic (exact) mass is 284 g/mol. The summed E-state index contributed by atoms with van der Waals surface area (Å²) in [6.07, 6.45) is 2.66. The summed E-state index contributed by atoms with van der Waals surface area (Å²) in [5.41, 5.74) is 1.02. The molecule has 0 aliphatic heterocycles. The van der Waals surface area contributed by atoms with E-state index in [0.717, 1.165) is 24.8 Å². The van der Waals surface area contributed by atoms with E-state index in [1.54, 1.807) is 0 Å². The highest BCUT2D eigenvalue weighted by atomic mass is 28.4. The van der Waals surface area contributed by atoms with Crippen LogP contribution in [0.2, 0.25) is 18.1 Å². The molecule has 0 radical (unpaired) electrons. The van der Waals surface area contributed by atoms with Gasteiger partial charge in [-0.25, -0.2) is 0 Å². The zero-order chi connectivity index (χ0) is 14.8. The van der Waals surface area contributed by atoms with Gasteiger partial charge in [-0.3, -0.25) is 4.79 Å². The maximum Gasteiger partial charge on any atom is 0.303 e. The quantitative estimate of drug-likeness (QED) is 0.445. The zero-order valence-electron chi connectivity index (χ0n) is 13.2. The van der Waals surface area contributed by atoms with Crippen molar-refractivity contribution in [1.82, 2.24) is 0 Å². The van der Waals surface area contributed by atoms with Crippen LogP contribution in [0, 0.1) is 0 Å². The van der Waals surface area contributed by atoms with Gasteiger partial charge in [0.15, 0.2) is 8.32 Å². The highest BCUT2D eigenvalue weighted by Crippen LogP contribution is 2.39. The first kappa shape index (κ1) is 16.4. The molecule has 0 N–H and O–H groups in total. The predicted octanol–water partition coefficient (Wildman–Crippen LogP) is 4.05. The van der Waals surface area contributed by atoms with Gasteiger partial charge in [0, 0.05) is 19.4 Å². The molecule has 19 heavy (non-hydrogen) atoms. The molecule has 1 fully saturated rings. The summed E-state index contributed by atoms with van der Waals surface area (Å²) in [6.45, 7) is 16.7.